The summed E-state index contributed by atoms with van der Waals surface area (Å²) in [5.41, 5.74) is 0. The Morgan fingerprint density at radius 2 is 1.35 bits per heavy atom. The van der Waals surface area contributed by atoms with E-state index < -0.39 is 0 Å². The van der Waals surface area contributed by atoms with Gasteiger partial charge in [-0.15, -0.1) is 0 Å². The first kappa shape index (κ1) is 12.1. The minimum atomic E-state index is 0.994. The molecule has 7 unspecified atom stereocenters. The molecule has 17 heavy (non-hydrogen) atoms. The fraction of sp³-hybridized carbons (Fsp3) is 1.00. The third-order valence-electron chi connectivity index (χ3n) is 6.81. The lowest BCUT2D eigenvalue weighted by atomic mass is 9.53. The molecular weight excluding hydrogens is 204 g/mol. The quantitative estimate of drug-likeness (QED) is 0.545. The van der Waals surface area contributed by atoms with Crippen LogP contribution in [0, 0.1) is 41.4 Å². The maximum absolute atomic E-state index is 2.55. The number of rotatable bonds is 0. The summed E-state index contributed by atoms with van der Waals surface area (Å²) in [5, 5.41) is 0. The van der Waals surface area contributed by atoms with E-state index in [-0.39, 0.29) is 0 Å². The normalized spacial score (nSPS) is 54.9. The molecule has 0 bridgehead atoms. The van der Waals surface area contributed by atoms with Gasteiger partial charge in [0.25, 0.3) is 0 Å². The lowest BCUT2D eigenvalue weighted by molar-refractivity contribution is -0.0277. The molecule has 0 N–H and O–H groups in total. The van der Waals surface area contributed by atoms with Gasteiger partial charge in [-0.2, -0.15) is 0 Å². The highest BCUT2D eigenvalue weighted by atomic mass is 14.5. The van der Waals surface area contributed by atoms with Gasteiger partial charge in [-0.05, 0) is 73.5 Å². The van der Waals surface area contributed by atoms with Gasteiger partial charge in [0, 0.05) is 0 Å². The van der Waals surface area contributed by atoms with E-state index in [1.807, 2.05) is 0 Å². The molecule has 0 aromatic rings. The van der Waals surface area contributed by atoms with Crippen LogP contribution >= 0.6 is 0 Å². The summed E-state index contributed by atoms with van der Waals surface area (Å²) < 4.78 is 0. The van der Waals surface area contributed by atoms with Crippen molar-refractivity contribution in [3.63, 3.8) is 0 Å². The summed E-state index contributed by atoms with van der Waals surface area (Å²) in [7, 11) is 0. The summed E-state index contributed by atoms with van der Waals surface area (Å²) in [6, 6.07) is 0. The highest BCUT2D eigenvalue weighted by Crippen LogP contribution is 2.54. The second-order valence-electron chi connectivity index (χ2n) is 7.66. The van der Waals surface area contributed by atoms with Gasteiger partial charge in [-0.1, -0.05) is 33.6 Å². The highest BCUT2D eigenvalue weighted by molar-refractivity contribution is 4.95. The smallest absolute Gasteiger partial charge is 0.0352 e. The van der Waals surface area contributed by atoms with Crippen LogP contribution in [0.3, 0.4) is 0 Å². The van der Waals surface area contributed by atoms with E-state index in [0.717, 1.165) is 41.4 Å². The molecule has 0 spiro atoms. The average molecular weight is 234 g/mol. The number of hydrogen-bond acceptors (Lipinski definition) is 0. The van der Waals surface area contributed by atoms with Gasteiger partial charge in [0.15, 0.2) is 0 Å². The summed E-state index contributed by atoms with van der Waals surface area (Å²) in [6.45, 7) is 7.54. The molecule has 0 aromatic heterocycles. The monoisotopic (exact) mass is 234 g/mol. The Hall–Kier alpha value is 0. The van der Waals surface area contributed by atoms with E-state index >= 15 is 0 Å². The van der Waals surface area contributed by atoms with Crippen molar-refractivity contribution >= 4 is 0 Å². The van der Waals surface area contributed by atoms with Crippen molar-refractivity contribution in [2.45, 2.75) is 65.7 Å². The Morgan fingerprint density at radius 1 is 0.647 bits per heavy atom. The summed E-state index contributed by atoms with van der Waals surface area (Å²) in [5.74, 6) is 7.46. The van der Waals surface area contributed by atoms with Gasteiger partial charge >= 0.3 is 0 Å². The predicted molar refractivity (Wildman–Crippen MR) is 73.8 cm³/mol. The van der Waals surface area contributed by atoms with Crippen molar-refractivity contribution in [1.29, 1.82) is 0 Å². The molecule has 0 radical (unpaired) electrons. The fourth-order valence-corrected chi connectivity index (χ4v) is 5.53. The lowest BCUT2D eigenvalue weighted by Gasteiger charge is -2.52. The molecule has 0 saturated heterocycles. The maximum Gasteiger partial charge on any atom is -0.0352 e. The predicted octanol–water partition coefficient (Wildman–Crippen LogP) is 5.13. The number of hydrogen-bond donors (Lipinski definition) is 0. The molecule has 0 amide bonds. The molecule has 3 aliphatic carbocycles. The van der Waals surface area contributed by atoms with Gasteiger partial charge in [0.2, 0.25) is 0 Å². The van der Waals surface area contributed by atoms with Gasteiger partial charge in [-0.25, -0.2) is 0 Å². The van der Waals surface area contributed by atoms with Crippen LogP contribution in [0.15, 0.2) is 0 Å². The zero-order chi connectivity index (χ0) is 12.0. The molecular formula is C17H30. The van der Waals surface area contributed by atoms with Crippen molar-refractivity contribution in [3.05, 3.63) is 0 Å². The van der Waals surface area contributed by atoms with Crippen molar-refractivity contribution in [3.8, 4) is 0 Å². The lowest BCUT2D eigenvalue weighted by Crippen LogP contribution is -2.44. The molecule has 3 rings (SSSR count). The molecule has 0 nitrogen and oxygen atoms in total. The van der Waals surface area contributed by atoms with Gasteiger partial charge in [0.1, 0.15) is 0 Å². The Bertz CT molecular complexity index is 269. The Balaban J connectivity index is 1.77. The van der Waals surface area contributed by atoms with Gasteiger partial charge < -0.3 is 0 Å². The van der Waals surface area contributed by atoms with E-state index in [9.17, 15) is 0 Å². The minimum absolute atomic E-state index is 0.994. The standard InChI is InChI=1S/C17H30/c1-11-4-6-14-7-9-15-13(3)12(2)5-8-16(15)17(14)10-11/h11-17H,4-10H2,1-3H3. The van der Waals surface area contributed by atoms with E-state index in [1.165, 1.54) is 12.8 Å². The number of fused-ring (bicyclic) bond motifs is 3. The van der Waals surface area contributed by atoms with Crippen LogP contribution in [0.25, 0.3) is 0 Å². The molecule has 3 saturated carbocycles. The molecule has 98 valence electrons. The van der Waals surface area contributed by atoms with Crippen molar-refractivity contribution in [2.75, 3.05) is 0 Å². The topological polar surface area (TPSA) is 0 Å². The third-order valence-corrected chi connectivity index (χ3v) is 6.81. The van der Waals surface area contributed by atoms with Gasteiger partial charge in [-0.3, -0.25) is 0 Å². The van der Waals surface area contributed by atoms with E-state index in [4.69, 9.17) is 0 Å². The maximum atomic E-state index is 2.55. The van der Waals surface area contributed by atoms with Crippen molar-refractivity contribution in [2.24, 2.45) is 41.4 Å². The summed E-state index contributed by atoms with van der Waals surface area (Å²) in [4.78, 5) is 0. The van der Waals surface area contributed by atoms with Crippen molar-refractivity contribution in [1.82, 2.24) is 0 Å². The van der Waals surface area contributed by atoms with Crippen molar-refractivity contribution < 1.29 is 0 Å². The largest absolute Gasteiger partial charge is 0.0625 e. The second-order valence-corrected chi connectivity index (χ2v) is 7.66. The Kier molecular flexibility index (Phi) is 3.26. The molecule has 3 fully saturated rings. The highest BCUT2D eigenvalue weighted by Gasteiger charge is 2.45. The molecule has 0 aliphatic heterocycles. The zero-order valence-electron chi connectivity index (χ0n) is 12.0. The van der Waals surface area contributed by atoms with E-state index in [1.54, 1.807) is 32.1 Å². The van der Waals surface area contributed by atoms with Gasteiger partial charge in [0.05, 0.1) is 0 Å². The first-order valence-electron chi connectivity index (χ1n) is 8.16. The molecule has 0 heteroatoms. The summed E-state index contributed by atoms with van der Waals surface area (Å²) in [6.07, 6.45) is 10.8. The van der Waals surface area contributed by atoms with Crippen LogP contribution in [0.5, 0.6) is 0 Å². The fourth-order valence-electron chi connectivity index (χ4n) is 5.53. The van der Waals surface area contributed by atoms with Crippen LogP contribution < -0.4 is 0 Å². The van der Waals surface area contributed by atoms with Crippen LogP contribution in [-0.2, 0) is 0 Å². The molecule has 0 aromatic carbocycles. The van der Waals surface area contributed by atoms with E-state index in [0.29, 0.717) is 0 Å². The van der Waals surface area contributed by atoms with Crippen LogP contribution in [0.2, 0.25) is 0 Å². The van der Waals surface area contributed by atoms with Crippen LogP contribution in [0.1, 0.15) is 65.7 Å². The first-order valence-corrected chi connectivity index (χ1v) is 8.16. The summed E-state index contributed by atoms with van der Waals surface area (Å²) >= 11 is 0. The SMILES string of the molecule is CC1CCC2CCC3C(C)C(C)CCC3C2C1. The average Bonchev–Trinajstić information content (AvgIpc) is 2.33. The van der Waals surface area contributed by atoms with Crippen LogP contribution in [-0.4, -0.2) is 0 Å². The Labute approximate surface area is 108 Å². The second kappa shape index (κ2) is 4.59. The minimum Gasteiger partial charge on any atom is -0.0625 e. The Morgan fingerprint density at radius 3 is 2.18 bits per heavy atom. The molecule has 3 aliphatic rings. The zero-order valence-corrected chi connectivity index (χ0v) is 12.0. The molecule has 7 atom stereocenters. The third kappa shape index (κ3) is 2.06. The van der Waals surface area contributed by atoms with E-state index in [2.05, 4.69) is 20.8 Å². The molecule has 0 heterocycles. The first-order chi connectivity index (χ1) is 8.16. The van der Waals surface area contributed by atoms with Crippen LogP contribution in [0.4, 0.5) is 0 Å².